The molecule has 2 aromatic rings. The number of carbonyl (C=O) groups is 1. The van der Waals surface area contributed by atoms with E-state index in [4.69, 9.17) is 16.3 Å². The van der Waals surface area contributed by atoms with Crippen LogP contribution in [0.5, 0.6) is 0 Å². The van der Waals surface area contributed by atoms with E-state index in [1.165, 1.54) is 0 Å². The number of hydrogen-bond acceptors (Lipinski definition) is 5. The number of aromatic nitrogens is 2. The first-order chi connectivity index (χ1) is 13.2. The minimum Gasteiger partial charge on any atom is -0.379 e. The van der Waals surface area contributed by atoms with Gasteiger partial charge in [-0.25, -0.2) is 0 Å². The lowest BCUT2D eigenvalue weighted by Gasteiger charge is -2.35. The summed E-state index contributed by atoms with van der Waals surface area (Å²) in [6.07, 6.45) is 0.872. The highest BCUT2D eigenvalue weighted by Gasteiger charge is 2.26. The molecule has 8 heteroatoms. The van der Waals surface area contributed by atoms with Gasteiger partial charge in [0.15, 0.2) is 5.69 Å². The van der Waals surface area contributed by atoms with Crippen molar-refractivity contribution in [3.05, 3.63) is 51.8 Å². The number of nitrogens with zero attached hydrogens (tertiary/aromatic N) is 2. The van der Waals surface area contributed by atoms with E-state index in [-0.39, 0.29) is 11.9 Å². The summed E-state index contributed by atoms with van der Waals surface area (Å²) >= 11 is 6.04. The maximum Gasteiger partial charge on any atom is 0.272 e. The minimum absolute atomic E-state index is 0.0722. The van der Waals surface area contributed by atoms with Gasteiger partial charge in [-0.05, 0) is 17.7 Å². The maximum atomic E-state index is 12.8. The molecule has 1 unspecified atom stereocenters. The quantitative estimate of drug-likeness (QED) is 0.722. The molecule has 1 aromatic carbocycles. The fourth-order valence-electron chi connectivity index (χ4n) is 3.72. The molecule has 2 aliphatic heterocycles. The Morgan fingerprint density at radius 3 is 2.85 bits per heavy atom. The number of benzene rings is 1. The number of hydrogen-bond donors (Lipinski definition) is 3. The third-order valence-corrected chi connectivity index (χ3v) is 5.47. The van der Waals surface area contributed by atoms with Crippen LogP contribution in [0, 0.1) is 0 Å². The molecule has 1 fully saturated rings. The van der Waals surface area contributed by atoms with Crippen molar-refractivity contribution in [3.63, 3.8) is 0 Å². The van der Waals surface area contributed by atoms with Crippen molar-refractivity contribution in [3.8, 4) is 0 Å². The Morgan fingerprint density at radius 2 is 2.07 bits per heavy atom. The highest BCUT2D eigenvalue weighted by molar-refractivity contribution is 6.30. The largest absolute Gasteiger partial charge is 0.379 e. The van der Waals surface area contributed by atoms with Gasteiger partial charge in [-0.1, -0.05) is 23.7 Å². The fourth-order valence-corrected chi connectivity index (χ4v) is 3.84. The van der Waals surface area contributed by atoms with Gasteiger partial charge in [-0.3, -0.25) is 14.8 Å². The van der Waals surface area contributed by atoms with E-state index in [1.807, 2.05) is 24.3 Å². The number of halogens is 1. The minimum atomic E-state index is -0.136. The van der Waals surface area contributed by atoms with Crippen molar-refractivity contribution in [2.45, 2.75) is 19.0 Å². The number of rotatable bonds is 5. The molecule has 1 amide bonds. The Hall–Kier alpha value is -1.93. The van der Waals surface area contributed by atoms with Crippen molar-refractivity contribution in [2.24, 2.45) is 0 Å². The molecule has 27 heavy (non-hydrogen) atoms. The molecule has 1 atom stereocenters. The van der Waals surface area contributed by atoms with Crippen LogP contribution in [0.2, 0.25) is 5.02 Å². The van der Waals surface area contributed by atoms with Crippen LogP contribution >= 0.6 is 11.6 Å². The van der Waals surface area contributed by atoms with Crippen LogP contribution in [0.25, 0.3) is 0 Å². The Bertz CT molecular complexity index is 786. The average Bonchev–Trinajstić information content (AvgIpc) is 3.14. The third-order valence-electron chi connectivity index (χ3n) is 5.22. The number of aromatic amines is 1. The second-order valence-corrected chi connectivity index (χ2v) is 7.32. The molecule has 0 saturated carbocycles. The van der Waals surface area contributed by atoms with Crippen LogP contribution in [0.4, 0.5) is 0 Å². The molecule has 2 aliphatic rings. The van der Waals surface area contributed by atoms with E-state index in [0.717, 1.165) is 42.9 Å². The summed E-state index contributed by atoms with van der Waals surface area (Å²) in [4.78, 5) is 15.1. The number of nitrogens with one attached hydrogen (secondary N) is 3. The molecule has 3 N–H and O–H groups in total. The first-order valence-electron chi connectivity index (χ1n) is 9.34. The van der Waals surface area contributed by atoms with Crippen molar-refractivity contribution in [1.82, 2.24) is 25.7 Å². The van der Waals surface area contributed by atoms with Crippen molar-refractivity contribution >= 4 is 17.5 Å². The van der Waals surface area contributed by atoms with Crippen LogP contribution < -0.4 is 10.6 Å². The molecule has 0 aliphatic carbocycles. The van der Waals surface area contributed by atoms with E-state index >= 15 is 0 Å². The summed E-state index contributed by atoms with van der Waals surface area (Å²) in [6, 6.07) is 7.90. The monoisotopic (exact) mass is 389 g/mol. The zero-order valence-corrected chi connectivity index (χ0v) is 15.9. The maximum absolute atomic E-state index is 12.8. The molecule has 7 nitrogen and oxygen atoms in total. The second kappa shape index (κ2) is 8.39. The highest BCUT2D eigenvalue weighted by Crippen LogP contribution is 2.23. The Labute approximate surface area is 163 Å². The Kier molecular flexibility index (Phi) is 5.73. The predicted octanol–water partition coefficient (Wildman–Crippen LogP) is 1.51. The average molecular weight is 390 g/mol. The SMILES string of the molecule is O=C(NCC(c1ccc(Cl)cc1)N1CCOCC1)c1n[nH]c2c1CNCC2. The summed E-state index contributed by atoms with van der Waals surface area (Å²) in [7, 11) is 0. The van der Waals surface area contributed by atoms with Gasteiger partial charge in [0.2, 0.25) is 0 Å². The van der Waals surface area contributed by atoms with Gasteiger partial charge in [-0.2, -0.15) is 5.10 Å². The number of H-pyrrole nitrogens is 1. The Balaban J connectivity index is 1.48. The van der Waals surface area contributed by atoms with E-state index in [0.29, 0.717) is 37.0 Å². The normalized spacial score (nSPS) is 18.7. The molecule has 4 rings (SSSR count). The van der Waals surface area contributed by atoms with Crippen LogP contribution in [-0.2, 0) is 17.7 Å². The van der Waals surface area contributed by atoms with Gasteiger partial charge in [0.25, 0.3) is 5.91 Å². The van der Waals surface area contributed by atoms with Gasteiger partial charge >= 0.3 is 0 Å². The summed E-state index contributed by atoms with van der Waals surface area (Å²) in [6.45, 7) is 5.18. The number of ether oxygens (including phenoxy) is 1. The number of morpholine rings is 1. The number of fused-ring (bicyclic) bond motifs is 1. The molecule has 144 valence electrons. The standard InChI is InChI=1S/C19H24ClN5O2/c20-14-3-1-13(2-4-14)17(25-7-9-27-10-8-25)12-22-19(26)18-15-11-21-6-5-16(15)23-24-18/h1-4,17,21H,5-12H2,(H,22,26)(H,23,24). The van der Waals surface area contributed by atoms with E-state index < -0.39 is 0 Å². The smallest absolute Gasteiger partial charge is 0.272 e. The molecule has 0 radical (unpaired) electrons. The van der Waals surface area contributed by atoms with E-state index in [2.05, 4.69) is 25.7 Å². The first kappa shape index (κ1) is 18.4. The van der Waals surface area contributed by atoms with Crippen LogP contribution in [-0.4, -0.2) is 60.4 Å². The van der Waals surface area contributed by atoms with Crippen molar-refractivity contribution in [2.75, 3.05) is 39.4 Å². The summed E-state index contributed by atoms with van der Waals surface area (Å²) in [5, 5.41) is 14.3. The summed E-state index contributed by atoms with van der Waals surface area (Å²) in [5.74, 6) is -0.136. The first-order valence-corrected chi connectivity index (χ1v) is 9.72. The zero-order chi connectivity index (χ0) is 18.6. The Morgan fingerprint density at radius 1 is 1.30 bits per heavy atom. The molecular formula is C19H24ClN5O2. The van der Waals surface area contributed by atoms with Gasteiger partial charge < -0.3 is 15.4 Å². The number of amides is 1. The lowest BCUT2D eigenvalue weighted by molar-refractivity contribution is 0.0162. The third kappa shape index (κ3) is 4.16. The highest BCUT2D eigenvalue weighted by atomic mass is 35.5. The van der Waals surface area contributed by atoms with Gasteiger partial charge in [-0.15, -0.1) is 0 Å². The zero-order valence-electron chi connectivity index (χ0n) is 15.1. The van der Waals surface area contributed by atoms with Gasteiger partial charge in [0.05, 0.1) is 19.3 Å². The molecule has 3 heterocycles. The molecule has 1 aromatic heterocycles. The number of carbonyl (C=O) groups excluding carboxylic acids is 1. The van der Waals surface area contributed by atoms with E-state index in [1.54, 1.807) is 0 Å². The molecule has 1 saturated heterocycles. The summed E-state index contributed by atoms with van der Waals surface area (Å²) < 4.78 is 5.48. The lowest BCUT2D eigenvalue weighted by Crippen LogP contribution is -2.44. The molecular weight excluding hydrogens is 366 g/mol. The van der Waals surface area contributed by atoms with Crippen molar-refractivity contribution in [1.29, 1.82) is 0 Å². The predicted molar refractivity (Wildman–Crippen MR) is 103 cm³/mol. The lowest BCUT2D eigenvalue weighted by atomic mass is 10.0. The van der Waals surface area contributed by atoms with Gasteiger partial charge in [0.1, 0.15) is 0 Å². The van der Waals surface area contributed by atoms with Crippen LogP contribution in [0.15, 0.2) is 24.3 Å². The summed E-state index contributed by atoms with van der Waals surface area (Å²) in [5.41, 5.74) is 3.66. The molecule has 0 spiro atoms. The molecule has 0 bridgehead atoms. The topological polar surface area (TPSA) is 82.3 Å². The van der Waals surface area contributed by atoms with Crippen LogP contribution in [0.1, 0.15) is 33.4 Å². The van der Waals surface area contributed by atoms with Crippen molar-refractivity contribution < 1.29 is 9.53 Å². The fraction of sp³-hybridized carbons (Fsp3) is 0.474. The van der Waals surface area contributed by atoms with Crippen LogP contribution in [0.3, 0.4) is 0 Å². The van der Waals surface area contributed by atoms with E-state index in [9.17, 15) is 4.79 Å². The van der Waals surface area contributed by atoms with Gasteiger partial charge in [0, 0.05) is 55.4 Å². The second-order valence-electron chi connectivity index (χ2n) is 6.88.